The monoisotopic (exact) mass is 445 g/mol. The number of hydrogen-bond acceptors (Lipinski definition) is 0. The molecule has 0 saturated heterocycles. The molecule has 0 spiro atoms. The molecule has 0 amide bonds. The molecular formula is C20H15F10. The summed E-state index contributed by atoms with van der Waals surface area (Å²) < 4.78 is 136. The van der Waals surface area contributed by atoms with Crippen molar-refractivity contribution in [2.24, 2.45) is 0 Å². The second-order valence-corrected chi connectivity index (χ2v) is 6.47. The van der Waals surface area contributed by atoms with Crippen LogP contribution in [0.25, 0.3) is 11.1 Å². The predicted octanol–water partition coefficient (Wildman–Crippen LogP) is 7.59. The molecule has 0 aliphatic heterocycles. The van der Waals surface area contributed by atoms with Gasteiger partial charge in [0, 0.05) is 5.56 Å². The smallest absolute Gasteiger partial charge is 0.218 e. The molecule has 0 aliphatic rings. The van der Waals surface area contributed by atoms with Gasteiger partial charge in [-0.2, -0.15) is 39.5 Å². The second-order valence-electron chi connectivity index (χ2n) is 6.47. The molecule has 0 nitrogen and oxygen atoms in total. The van der Waals surface area contributed by atoms with Crippen LogP contribution >= 0.6 is 0 Å². The third-order valence-electron chi connectivity index (χ3n) is 4.59. The fraction of sp³-hybridized carbons (Fsp3) is 0.400. The SMILES string of the molecule is CCc1[c]c(CC)c(-c2ccccc2C(F)(F)F)c(C(F)(C(F)(F)F)C(F)(F)F)c1. The minimum Gasteiger partial charge on any atom is -0.218 e. The van der Waals surface area contributed by atoms with E-state index in [4.69, 9.17) is 0 Å². The van der Waals surface area contributed by atoms with Crippen LogP contribution in [0, 0.1) is 6.07 Å². The van der Waals surface area contributed by atoms with Crippen molar-refractivity contribution in [2.75, 3.05) is 0 Å². The van der Waals surface area contributed by atoms with Gasteiger partial charge >= 0.3 is 24.2 Å². The largest absolute Gasteiger partial charge is 0.435 e. The summed E-state index contributed by atoms with van der Waals surface area (Å²) in [4.78, 5) is 0. The molecule has 10 heteroatoms. The maximum atomic E-state index is 15.0. The van der Waals surface area contributed by atoms with Crippen LogP contribution in [0.2, 0.25) is 0 Å². The first-order valence-electron chi connectivity index (χ1n) is 8.67. The second kappa shape index (κ2) is 7.77. The van der Waals surface area contributed by atoms with Crippen molar-refractivity contribution in [3.05, 3.63) is 58.7 Å². The van der Waals surface area contributed by atoms with Crippen LogP contribution in [-0.4, -0.2) is 12.4 Å². The van der Waals surface area contributed by atoms with E-state index in [0.717, 1.165) is 12.1 Å². The Morgan fingerprint density at radius 3 is 1.70 bits per heavy atom. The van der Waals surface area contributed by atoms with Crippen LogP contribution in [0.15, 0.2) is 30.3 Å². The van der Waals surface area contributed by atoms with Gasteiger partial charge in [-0.3, -0.25) is 0 Å². The molecule has 30 heavy (non-hydrogen) atoms. The molecule has 0 N–H and O–H groups in total. The maximum Gasteiger partial charge on any atom is 0.435 e. The minimum absolute atomic E-state index is 0.104. The third kappa shape index (κ3) is 4.00. The Hall–Kier alpha value is -2.26. The fourth-order valence-corrected chi connectivity index (χ4v) is 3.15. The van der Waals surface area contributed by atoms with E-state index in [2.05, 4.69) is 6.07 Å². The van der Waals surface area contributed by atoms with Crippen molar-refractivity contribution in [2.45, 2.75) is 50.9 Å². The highest BCUT2D eigenvalue weighted by Crippen LogP contribution is 2.56. The van der Waals surface area contributed by atoms with Gasteiger partial charge in [-0.15, -0.1) is 0 Å². The van der Waals surface area contributed by atoms with E-state index in [1.165, 1.54) is 13.8 Å². The first-order chi connectivity index (χ1) is 13.6. The van der Waals surface area contributed by atoms with Gasteiger partial charge in [-0.1, -0.05) is 38.1 Å². The van der Waals surface area contributed by atoms with Gasteiger partial charge in [0.15, 0.2) is 0 Å². The van der Waals surface area contributed by atoms with Crippen molar-refractivity contribution in [3.63, 3.8) is 0 Å². The Kier molecular flexibility index (Phi) is 6.22. The molecule has 0 unspecified atom stereocenters. The molecule has 0 aromatic heterocycles. The molecule has 165 valence electrons. The number of benzene rings is 2. The van der Waals surface area contributed by atoms with E-state index in [0.29, 0.717) is 18.2 Å². The quantitative estimate of drug-likeness (QED) is 0.426. The summed E-state index contributed by atoms with van der Waals surface area (Å²) in [5.74, 6) is 0. The van der Waals surface area contributed by atoms with Gasteiger partial charge in [-0.05, 0) is 47.2 Å². The lowest BCUT2D eigenvalue weighted by Gasteiger charge is -2.33. The van der Waals surface area contributed by atoms with E-state index < -0.39 is 46.5 Å². The molecule has 2 aromatic rings. The zero-order chi connectivity index (χ0) is 23.1. The van der Waals surface area contributed by atoms with Crippen LogP contribution in [-0.2, 0) is 24.7 Å². The van der Waals surface area contributed by atoms with Crippen LogP contribution in [0.3, 0.4) is 0 Å². The Balaban J connectivity index is 3.11. The first kappa shape index (κ1) is 24.0. The van der Waals surface area contributed by atoms with E-state index in [1.807, 2.05) is 0 Å². The Bertz CT molecular complexity index is 889. The highest BCUT2D eigenvalue weighted by molar-refractivity contribution is 5.76. The first-order valence-corrected chi connectivity index (χ1v) is 8.67. The zero-order valence-electron chi connectivity index (χ0n) is 15.6. The molecular weight excluding hydrogens is 430 g/mol. The number of alkyl halides is 10. The molecule has 2 rings (SSSR count). The third-order valence-corrected chi connectivity index (χ3v) is 4.59. The van der Waals surface area contributed by atoms with Crippen molar-refractivity contribution >= 4 is 0 Å². The Morgan fingerprint density at radius 2 is 1.27 bits per heavy atom. The van der Waals surface area contributed by atoms with Crippen molar-refractivity contribution < 1.29 is 43.9 Å². The molecule has 2 aromatic carbocycles. The van der Waals surface area contributed by atoms with Gasteiger partial charge in [0.05, 0.1) is 5.56 Å². The molecule has 0 aliphatic carbocycles. The lowest BCUT2D eigenvalue weighted by molar-refractivity contribution is -0.348. The van der Waals surface area contributed by atoms with Gasteiger partial charge in [0.25, 0.3) is 0 Å². The number of rotatable bonds is 4. The van der Waals surface area contributed by atoms with Crippen LogP contribution in [0.5, 0.6) is 0 Å². The normalized spacial score (nSPS) is 13.6. The van der Waals surface area contributed by atoms with E-state index in [-0.39, 0.29) is 24.0 Å². The molecule has 1 radical (unpaired) electrons. The molecule has 0 heterocycles. The van der Waals surface area contributed by atoms with Gasteiger partial charge in [-0.25, -0.2) is 4.39 Å². The van der Waals surface area contributed by atoms with E-state index in [1.54, 1.807) is 0 Å². The van der Waals surface area contributed by atoms with E-state index >= 15 is 0 Å². The summed E-state index contributed by atoms with van der Waals surface area (Å²) >= 11 is 0. The predicted molar refractivity (Wildman–Crippen MR) is 89.4 cm³/mol. The highest BCUT2D eigenvalue weighted by Gasteiger charge is 2.74. The summed E-state index contributed by atoms with van der Waals surface area (Å²) in [7, 11) is 0. The standard InChI is InChI=1S/C20H15F10/c1-3-11-9-12(4-2)16(13-7-5-6-8-14(13)18(22,23)24)15(10-11)17(21,19(25,26)27)20(28,29)30/h5-8,10H,3-4H2,1-2H3. The number of aryl methyl sites for hydroxylation is 2. The summed E-state index contributed by atoms with van der Waals surface area (Å²) in [6, 6.07) is 6.00. The van der Waals surface area contributed by atoms with Gasteiger partial charge in [0.1, 0.15) is 0 Å². The van der Waals surface area contributed by atoms with E-state index in [9.17, 15) is 43.9 Å². The van der Waals surface area contributed by atoms with Crippen molar-refractivity contribution in [1.29, 1.82) is 0 Å². The molecule has 0 bridgehead atoms. The number of halogens is 10. The summed E-state index contributed by atoms with van der Waals surface area (Å²) in [5, 5.41) is 0. The van der Waals surface area contributed by atoms with Gasteiger partial charge < -0.3 is 0 Å². The minimum atomic E-state index is -6.47. The molecule has 0 saturated carbocycles. The fourth-order valence-electron chi connectivity index (χ4n) is 3.15. The van der Waals surface area contributed by atoms with Crippen LogP contribution in [0.1, 0.15) is 36.1 Å². The average Bonchev–Trinajstić information content (AvgIpc) is 2.63. The zero-order valence-corrected chi connectivity index (χ0v) is 15.6. The lowest BCUT2D eigenvalue weighted by Crippen LogP contribution is -2.50. The molecule has 0 atom stereocenters. The summed E-state index contributed by atoms with van der Waals surface area (Å²) in [6.07, 6.45) is -18.4. The summed E-state index contributed by atoms with van der Waals surface area (Å²) in [5.41, 5.74) is -11.9. The van der Waals surface area contributed by atoms with Crippen LogP contribution < -0.4 is 0 Å². The maximum absolute atomic E-state index is 15.0. The highest BCUT2D eigenvalue weighted by atomic mass is 19.4. The Labute approximate surface area is 165 Å². The van der Waals surface area contributed by atoms with Crippen LogP contribution in [0.4, 0.5) is 43.9 Å². The summed E-state index contributed by atoms with van der Waals surface area (Å²) in [6.45, 7) is 2.70. The number of hydrogen-bond donors (Lipinski definition) is 0. The Morgan fingerprint density at radius 1 is 0.733 bits per heavy atom. The van der Waals surface area contributed by atoms with Crippen molar-refractivity contribution in [3.8, 4) is 11.1 Å². The topological polar surface area (TPSA) is 0 Å². The van der Waals surface area contributed by atoms with Crippen molar-refractivity contribution in [1.82, 2.24) is 0 Å². The molecule has 0 fully saturated rings. The lowest BCUT2D eigenvalue weighted by atomic mass is 9.81. The average molecular weight is 445 g/mol. The van der Waals surface area contributed by atoms with Gasteiger partial charge in [0.2, 0.25) is 0 Å².